The average Bonchev–Trinajstić information content (AvgIpc) is 3.26. The van der Waals surface area contributed by atoms with Crippen molar-refractivity contribution in [1.82, 2.24) is 5.32 Å². The van der Waals surface area contributed by atoms with Crippen LogP contribution in [0, 0.1) is 0 Å². The first kappa shape index (κ1) is 18.3. The van der Waals surface area contributed by atoms with Crippen molar-refractivity contribution >= 4 is 40.9 Å². The van der Waals surface area contributed by atoms with Gasteiger partial charge in [-0.2, -0.15) is 11.8 Å². The summed E-state index contributed by atoms with van der Waals surface area (Å²) in [6.07, 6.45) is 2.99. The van der Waals surface area contributed by atoms with Gasteiger partial charge in [0.1, 0.15) is 0 Å². The summed E-state index contributed by atoms with van der Waals surface area (Å²) in [5.41, 5.74) is 3.16. The lowest BCUT2D eigenvalue weighted by molar-refractivity contribution is -0.136. The Hall–Kier alpha value is -2.06. The third-order valence-corrected chi connectivity index (χ3v) is 6.77. The molecule has 0 radical (unpaired) electrons. The summed E-state index contributed by atoms with van der Waals surface area (Å²) in [4.78, 5) is 38.5. The van der Waals surface area contributed by atoms with Crippen molar-refractivity contribution < 1.29 is 19.1 Å². The van der Waals surface area contributed by atoms with E-state index in [4.69, 9.17) is 4.74 Å². The number of amides is 3. The number of carbonyl (C=O) groups excluding carboxylic acids is 3. The van der Waals surface area contributed by atoms with Gasteiger partial charge in [-0.15, -0.1) is 0 Å². The number of nitrogens with zero attached hydrogens (tertiary/aromatic N) is 1. The van der Waals surface area contributed by atoms with Crippen molar-refractivity contribution in [1.29, 1.82) is 0 Å². The molecule has 3 amide bonds. The van der Waals surface area contributed by atoms with Crippen LogP contribution >= 0.6 is 11.8 Å². The lowest BCUT2D eigenvalue weighted by Gasteiger charge is -2.27. The quantitative estimate of drug-likeness (QED) is 0.753. The number of nitrogens with one attached hydrogen (secondary N) is 2. The average molecular weight is 389 g/mol. The topological polar surface area (TPSA) is 87.7 Å². The smallest absolute Gasteiger partial charge is 0.313 e. The first-order valence-electron chi connectivity index (χ1n) is 9.20. The summed E-state index contributed by atoms with van der Waals surface area (Å²) in [6, 6.07) is 3.68. The number of anilines is 2. The number of rotatable bonds is 4. The third kappa shape index (κ3) is 3.43. The Labute approximate surface area is 162 Å². The molecule has 3 aliphatic rings. The molecule has 1 fully saturated rings. The number of aryl methyl sites for hydroxylation is 1. The Morgan fingerprint density at radius 1 is 1.30 bits per heavy atom. The number of methoxy groups -OCH3 is 1. The fourth-order valence-electron chi connectivity index (χ4n) is 4.02. The largest absolute Gasteiger partial charge is 0.376 e. The van der Waals surface area contributed by atoms with E-state index in [1.807, 2.05) is 11.0 Å². The lowest BCUT2D eigenvalue weighted by atomic mass is 9.99. The number of benzene rings is 1. The molecule has 8 heteroatoms. The van der Waals surface area contributed by atoms with Gasteiger partial charge in [-0.05, 0) is 48.3 Å². The molecule has 2 N–H and O–H groups in total. The van der Waals surface area contributed by atoms with E-state index in [0.29, 0.717) is 18.7 Å². The molecule has 0 aliphatic carbocycles. The fraction of sp³-hybridized carbons (Fsp3) is 0.526. The molecule has 1 atom stereocenters. The lowest BCUT2D eigenvalue weighted by Crippen LogP contribution is -2.47. The summed E-state index contributed by atoms with van der Waals surface area (Å²) in [7, 11) is 1.64. The molecule has 144 valence electrons. The molecule has 27 heavy (non-hydrogen) atoms. The fourth-order valence-corrected chi connectivity index (χ4v) is 5.42. The highest BCUT2D eigenvalue weighted by atomic mass is 32.2. The molecule has 7 nitrogen and oxygen atoms in total. The Morgan fingerprint density at radius 3 is 2.85 bits per heavy atom. The predicted molar refractivity (Wildman–Crippen MR) is 104 cm³/mol. The minimum absolute atomic E-state index is 0.103. The minimum Gasteiger partial charge on any atom is -0.376 e. The molecule has 1 saturated heterocycles. The van der Waals surface area contributed by atoms with Crippen LogP contribution in [0.5, 0.6) is 0 Å². The first-order valence-corrected chi connectivity index (χ1v) is 10.3. The Balaban J connectivity index is 1.42. The van der Waals surface area contributed by atoms with E-state index in [-0.39, 0.29) is 11.5 Å². The molecule has 4 rings (SSSR count). The highest BCUT2D eigenvalue weighted by Gasteiger charge is 2.35. The van der Waals surface area contributed by atoms with Crippen molar-refractivity contribution in [3.8, 4) is 0 Å². The van der Waals surface area contributed by atoms with Crippen LogP contribution < -0.4 is 15.5 Å². The number of hydrogen-bond acceptors (Lipinski definition) is 5. The van der Waals surface area contributed by atoms with Gasteiger partial charge in [0.2, 0.25) is 5.91 Å². The van der Waals surface area contributed by atoms with Gasteiger partial charge in [0.15, 0.2) is 0 Å². The maximum atomic E-state index is 12.3. The second-order valence-corrected chi connectivity index (χ2v) is 8.40. The number of ether oxygens (including phenoxy) is 1. The van der Waals surface area contributed by atoms with Gasteiger partial charge in [0.25, 0.3) is 0 Å². The molecule has 0 saturated carbocycles. The van der Waals surface area contributed by atoms with Crippen LogP contribution in [0.4, 0.5) is 11.4 Å². The summed E-state index contributed by atoms with van der Waals surface area (Å²) in [5.74, 6) is 0.533. The molecular weight excluding hydrogens is 366 g/mol. The molecule has 0 spiro atoms. The maximum absolute atomic E-state index is 12.3. The normalized spacial score (nSPS) is 23.3. The molecule has 1 aromatic carbocycles. The summed E-state index contributed by atoms with van der Waals surface area (Å²) < 4.78 is 5.55. The van der Waals surface area contributed by atoms with Crippen LogP contribution in [0.2, 0.25) is 0 Å². The zero-order valence-electron chi connectivity index (χ0n) is 15.3. The van der Waals surface area contributed by atoms with Gasteiger partial charge in [-0.25, -0.2) is 0 Å². The van der Waals surface area contributed by atoms with Crippen LogP contribution in [0.15, 0.2) is 12.1 Å². The first-order chi connectivity index (χ1) is 13.0. The van der Waals surface area contributed by atoms with Gasteiger partial charge in [-0.3, -0.25) is 14.4 Å². The van der Waals surface area contributed by atoms with E-state index in [2.05, 4.69) is 10.6 Å². The highest BCUT2D eigenvalue weighted by molar-refractivity contribution is 7.99. The second kappa shape index (κ2) is 7.16. The predicted octanol–water partition coefficient (Wildman–Crippen LogP) is 1.10. The van der Waals surface area contributed by atoms with E-state index < -0.39 is 11.8 Å². The Morgan fingerprint density at radius 2 is 2.11 bits per heavy atom. The molecular formula is C19H23N3O4S. The monoisotopic (exact) mass is 389 g/mol. The number of carbonyl (C=O) groups is 3. The van der Waals surface area contributed by atoms with Crippen LogP contribution in [-0.4, -0.2) is 55.0 Å². The van der Waals surface area contributed by atoms with Crippen molar-refractivity contribution in [2.45, 2.75) is 31.3 Å². The van der Waals surface area contributed by atoms with E-state index in [9.17, 15) is 14.4 Å². The maximum Gasteiger partial charge on any atom is 0.313 e. The van der Waals surface area contributed by atoms with E-state index in [1.54, 1.807) is 24.9 Å². The molecule has 1 aromatic rings. The van der Waals surface area contributed by atoms with Gasteiger partial charge in [0, 0.05) is 31.6 Å². The number of thioether (sulfide) groups is 1. The van der Waals surface area contributed by atoms with E-state index in [0.717, 1.165) is 54.1 Å². The van der Waals surface area contributed by atoms with Crippen molar-refractivity contribution in [2.75, 3.05) is 41.9 Å². The highest BCUT2D eigenvalue weighted by Crippen LogP contribution is 2.38. The summed E-state index contributed by atoms with van der Waals surface area (Å²) in [6.45, 7) is 1.08. The molecule has 0 bridgehead atoms. The summed E-state index contributed by atoms with van der Waals surface area (Å²) >= 11 is 1.78. The van der Waals surface area contributed by atoms with Crippen molar-refractivity contribution in [3.05, 3.63) is 23.3 Å². The molecule has 0 aromatic heterocycles. The van der Waals surface area contributed by atoms with Crippen molar-refractivity contribution in [2.24, 2.45) is 0 Å². The standard InChI is InChI=1S/C19H23N3O4S/c1-26-19(4-6-27-11-19)10-20-17(24)18(25)21-14-7-12-3-2-5-22-15(23)9-13(8-14)16(12)22/h7-8H,2-6,9-11H2,1H3,(H,20,24)(H,21,25)/t19-/m1/s1. The Bertz CT molecular complexity index is 804. The van der Waals surface area contributed by atoms with Crippen molar-refractivity contribution in [3.63, 3.8) is 0 Å². The van der Waals surface area contributed by atoms with E-state index >= 15 is 0 Å². The van der Waals surface area contributed by atoms with Gasteiger partial charge < -0.3 is 20.3 Å². The minimum atomic E-state index is -0.698. The van der Waals surface area contributed by atoms with Gasteiger partial charge in [-0.1, -0.05) is 0 Å². The molecule has 3 aliphatic heterocycles. The van der Waals surface area contributed by atoms with Gasteiger partial charge >= 0.3 is 11.8 Å². The molecule has 0 unspecified atom stereocenters. The van der Waals surface area contributed by atoms with Crippen LogP contribution in [0.3, 0.4) is 0 Å². The zero-order chi connectivity index (χ0) is 19.0. The Kier molecular flexibility index (Phi) is 4.86. The van der Waals surface area contributed by atoms with Crippen LogP contribution in [0.25, 0.3) is 0 Å². The molecule has 3 heterocycles. The number of hydrogen-bond donors (Lipinski definition) is 2. The SMILES string of the molecule is CO[C@@]1(CNC(=O)C(=O)Nc2cc3c4c(c2)CC(=O)N4CCC3)CCSC1. The van der Waals surface area contributed by atoms with E-state index in [1.165, 1.54) is 0 Å². The third-order valence-electron chi connectivity index (χ3n) is 5.54. The second-order valence-electron chi connectivity index (χ2n) is 7.30. The van der Waals surface area contributed by atoms with Gasteiger partial charge in [0.05, 0.1) is 17.7 Å². The van der Waals surface area contributed by atoms with Crippen LogP contribution in [0.1, 0.15) is 24.0 Å². The summed E-state index contributed by atoms with van der Waals surface area (Å²) in [5, 5.41) is 5.37. The zero-order valence-corrected chi connectivity index (χ0v) is 16.1. The van der Waals surface area contributed by atoms with Crippen LogP contribution in [-0.2, 0) is 32.0 Å².